The topological polar surface area (TPSA) is 60.5 Å². The van der Waals surface area contributed by atoms with Crippen molar-refractivity contribution in [3.05, 3.63) is 24.3 Å². The standard InChI is InChI=1S/C10H13FN2O3/c1-15-5-4-12-10(14)7-16-8-2-3-9(11)13-6-8/h2-3,6H,4-5,7H2,1H3,(H,12,14). The van der Waals surface area contributed by atoms with Gasteiger partial charge >= 0.3 is 0 Å². The summed E-state index contributed by atoms with van der Waals surface area (Å²) < 4.78 is 22.3. The Morgan fingerprint density at radius 1 is 1.56 bits per heavy atom. The normalized spacial score (nSPS) is 9.88. The predicted octanol–water partition coefficient (Wildman–Crippen LogP) is 0.362. The number of nitrogens with zero attached hydrogens (tertiary/aromatic N) is 1. The zero-order valence-electron chi connectivity index (χ0n) is 8.90. The fraction of sp³-hybridized carbons (Fsp3) is 0.400. The number of hydrogen-bond acceptors (Lipinski definition) is 4. The Kier molecular flexibility index (Phi) is 5.21. The number of carbonyl (C=O) groups is 1. The van der Waals surface area contributed by atoms with Crippen LogP contribution >= 0.6 is 0 Å². The molecule has 0 aliphatic heterocycles. The monoisotopic (exact) mass is 228 g/mol. The van der Waals surface area contributed by atoms with Crippen LogP contribution in [0.1, 0.15) is 0 Å². The van der Waals surface area contributed by atoms with E-state index in [1.807, 2.05) is 0 Å². The summed E-state index contributed by atoms with van der Waals surface area (Å²) >= 11 is 0. The Balaban J connectivity index is 2.23. The molecule has 6 heteroatoms. The number of amides is 1. The molecule has 0 bridgehead atoms. The lowest BCUT2D eigenvalue weighted by atomic mass is 10.4. The summed E-state index contributed by atoms with van der Waals surface area (Å²) in [6.45, 7) is 0.751. The highest BCUT2D eigenvalue weighted by molar-refractivity contribution is 5.77. The van der Waals surface area contributed by atoms with Crippen LogP contribution in [0, 0.1) is 5.95 Å². The summed E-state index contributed by atoms with van der Waals surface area (Å²) in [5, 5.41) is 2.58. The van der Waals surface area contributed by atoms with E-state index >= 15 is 0 Å². The lowest BCUT2D eigenvalue weighted by molar-refractivity contribution is -0.123. The fourth-order valence-corrected chi connectivity index (χ4v) is 0.940. The minimum absolute atomic E-state index is 0.128. The third-order valence-corrected chi connectivity index (χ3v) is 1.70. The molecule has 0 fully saturated rings. The van der Waals surface area contributed by atoms with Gasteiger partial charge < -0.3 is 14.8 Å². The maximum Gasteiger partial charge on any atom is 0.258 e. The number of methoxy groups -OCH3 is 1. The van der Waals surface area contributed by atoms with Gasteiger partial charge in [-0.25, -0.2) is 4.98 Å². The molecule has 1 aromatic rings. The summed E-state index contributed by atoms with van der Waals surface area (Å²) in [7, 11) is 1.55. The maximum atomic E-state index is 12.4. The van der Waals surface area contributed by atoms with E-state index in [0.29, 0.717) is 18.9 Å². The SMILES string of the molecule is COCCNC(=O)COc1ccc(F)nc1. The first kappa shape index (κ1) is 12.4. The Bertz CT molecular complexity index is 329. The zero-order chi connectivity index (χ0) is 11.8. The van der Waals surface area contributed by atoms with E-state index in [1.54, 1.807) is 7.11 Å². The van der Waals surface area contributed by atoms with Gasteiger partial charge in [0.05, 0.1) is 12.8 Å². The van der Waals surface area contributed by atoms with Crippen LogP contribution in [-0.4, -0.2) is 37.8 Å². The number of ether oxygens (including phenoxy) is 2. The number of rotatable bonds is 6. The minimum atomic E-state index is -0.586. The van der Waals surface area contributed by atoms with Crippen LogP contribution < -0.4 is 10.1 Å². The van der Waals surface area contributed by atoms with Gasteiger partial charge in [0.15, 0.2) is 6.61 Å². The van der Waals surface area contributed by atoms with Gasteiger partial charge in [-0.3, -0.25) is 4.79 Å². The summed E-state index contributed by atoms with van der Waals surface area (Å²) in [6.07, 6.45) is 1.22. The summed E-state index contributed by atoms with van der Waals surface area (Å²) in [6, 6.07) is 2.57. The van der Waals surface area contributed by atoms with E-state index in [0.717, 1.165) is 6.07 Å². The Morgan fingerprint density at radius 3 is 3.00 bits per heavy atom. The lowest BCUT2D eigenvalue weighted by Gasteiger charge is -2.06. The van der Waals surface area contributed by atoms with Crippen molar-refractivity contribution in [3.63, 3.8) is 0 Å². The second-order valence-corrected chi connectivity index (χ2v) is 2.95. The van der Waals surface area contributed by atoms with Crippen LogP contribution in [0.3, 0.4) is 0 Å². The van der Waals surface area contributed by atoms with Crippen LogP contribution in [0.2, 0.25) is 0 Å². The molecule has 1 amide bonds. The quantitative estimate of drug-likeness (QED) is 0.564. The molecule has 16 heavy (non-hydrogen) atoms. The summed E-state index contributed by atoms with van der Waals surface area (Å²) in [5.41, 5.74) is 0. The number of nitrogens with one attached hydrogen (secondary N) is 1. The fourth-order valence-electron chi connectivity index (χ4n) is 0.940. The van der Waals surface area contributed by atoms with Crippen LogP contribution in [0.25, 0.3) is 0 Å². The molecular formula is C10H13FN2O3. The number of halogens is 1. The first-order valence-corrected chi connectivity index (χ1v) is 4.72. The number of aromatic nitrogens is 1. The van der Waals surface area contributed by atoms with Crippen molar-refractivity contribution in [3.8, 4) is 5.75 Å². The molecule has 0 radical (unpaired) electrons. The van der Waals surface area contributed by atoms with Gasteiger partial charge in [0.25, 0.3) is 5.91 Å². The van der Waals surface area contributed by atoms with Gasteiger partial charge in [-0.1, -0.05) is 0 Å². The minimum Gasteiger partial charge on any atom is -0.482 e. The van der Waals surface area contributed by atoms with Gasteiger partial charge in [-0.15, -0.1) is 0 Å². The van der Waals surface area contributed by atoms with Crippen LogP contribution in [0.5, 0.6) is 5.75 Å². The Labute approximate surface area is 92.6 Å². The molecule has 0 saturated carbocycles. The van der Waals surface area contributed by atoms with E-state index < -0.39 is 5.95 Å². The lowest BCUT2D eigenvalue weighted by Crippen LogP contribution is -2.31. The third kappa shape index (κ3) is 4.70. The molecule has 1 N–H and O–H groups in total. The van der Waals surface area contributed by atoms with Gasteiger partial charge in [0.1, 0.15) is 5.75 Å². The second kappa shape index (κ2) is 6.73. The molecule has 0 aromatic carbocycles. The van der Waals surface area contributed by atoms with Crippen molar-refractivity contribution < 1.29 is 18.7 Å². The van der Waals surface area contributed by atoms with E-state index in [4.69, 9.17) is 9.47 Å². The number of hydrogen-bond donors (Lipinski definition) is 1. The smallest absolute Gasteiger partial charge is 0.258 e. The molecule has 0 aliphatic carbocycles. The molecule has 5 nitrogen and oxygen atoms in total. The Morgan fingerprint density at radius 2 is 2.38 bits per heavy atom. The highest BCUT2D eigenvalue weighted by atomic mass is 19.1. The van der Waals surface area contributed by atoms with Gasteiger partial charge in [-0.2, -0.15) is 4.39 Å². The van der Waals surface area contributed by atoms with Crippen molar-refractivity contribution in [2.24, 2.45) is 0 Å². The first-order chi connectivity index (χ1) is 7.72. The molecule has 1 heterocycles. The van der Waals surface area contributed by atoms with Gasteiger partial charge in [0.2, 0.25) is 5.95 Å². The summed E-state index contributed by atoms with van der Waals surface area (Å²) in [4.78, 5) is 14.6. The maximum absolute atomic E-state index is 12.4. The molecule has 0 spiro atoms. The molecule has 0 saturated heterocycles. The summed E-state index contributed by atoms with van der Waals surface area (Å²) in [5.74, 6) is -0.499. The zero-order valence-corrected chi connectivity index (χ0v) is 8.90. The predicted molar refractivity (Wildman–Crippen MR) is 54.6 cm³/mol. The number of carbonyl (C=O) groups excluding carboxylic acids is 1. The van der Waals surface area contributed by atoms with Crippen LogP contribution in [0.15, 0.2) is 18.3 Å². The van der Waals surface area contributed by atoms with E-state index in [1.165, 1.54) is 12.3 Å². The molecule has 0 unspecified atom stereocenters. The highest BCUT2D eigenvalue weighted by Crippen LogP contribution is 2.07. The average Bonchev–Trinajstić information content (AvgIpc) is 2.29. The average molecular weight is 228 g/mol. The molecule has 88 valence electrons. The highest BCUT2D eigenvalue weighted by Gasteiger charge is 2.02. The van der Waals surface area contributed by atoms with Crippen molar-refractivity contribution in [2.45, 2.75) is 0 Å². The van der Waals surface area contributed by atoms with Gasteiger partial charge in [0, 0.05) is 13.7 Å². The van der Waals surface area contributed by atoms with Gasteiger partial charge in [-0.05, 0) is 12.1 Å². The third-order valence-electron chi connectivity index (χ3n) is 1.70. The van der Waals surface area contributed by atoms with E-state index in [9.17, 15) is 9.18 Å². The van der Waals surface area contributed by atoms with Crippen molar-refractivity contribution in [2.75, 3.05) is 26.9 Å². The second-order valence-electron chi connectivity index (χ2n) is 2.95. The van der Waals surface area contributed by atoms with Crippen molar-refractivity contribution >= 4 is 5.91 Å². The van der Waals surface area contributed by atoms with Crippen LogP contribution in [0.4, 0.5) is 4.39 Å². The van der Waals surface area contributed by atoms with E-state index in [2.05, 4.69) is 10.3 Å². The van der Waals surface area contributed by atoms with E-state index in [-0.39, 0.29) is 12.5 Å². The Hall–Kier alpha value is -1.69. The molecule has 1 rings (SSSR count). The van der Waals surface area contributed by atoms with Crippen molar-refractivity contribution in [1.82, 2.24) is 10.3 Å². The molecular weight excluding hydrogens is 215 g/mol. The molecule has 1 aromatic heterocycles. The molecule has 0 atom stereocenters. The number of pyridine rings is 1. The van der Waals surface area contributed by atoms with Crippen molar-refractivity contribution in [1.29, 1.82) is 0 Å². The molecule has 0 aliphatic rings. The largest absolute Gasteiger partial charge is 0.482 e. The van der Waals surface area contributed by atoms with Crippen LogP contribution in [-0.2, 0) is 9.53 Å². The first-order valence-electron chi connectivity index (χ1n) is 4.72.